The second-order valence-corrected chi connectivity index (χ2v) is 16.8. The molecule has 2 aliphatic heterocycles. The van der Waals surface area contributed by atoms with E-state index in [2.05, 4.69) is 89.1 Å². The topological polar surface area (TPSA) is 111 Å². The summed E-state index contributed by atoms with van der Waals surface area (Å²) in [6.07, 6.45) is 13.3. The molecule has 10 rings (SSSR count). The summed E-state index contributed by atoms with van der Waals surface area (Å²) in [6, 6.07) is 23.0. The molecule has 3 aromatic carbocycles. The van der Waals surface area contributed by atoms with Gasteiger partial charge < -0.3 is 10.3 Å². The maximum Gasteiger partial charge on any atom is 0.237 e. The summed E-state index contributed by atoms with van der Waals surface area (Å²) in [5.41, 5.74) is 10.7. The van der Waals surface area contributed by atoms with E-state index in [-0.39, 0.29) is 53.5 Å². The molecular weight excluding hydrogens is 725 g/mol. The Kier molecular flexibility index (Phi) is 10.0. The first kappa shape index (κ1) is 38.0. The highest BCUT2D eigenvalue weighted by Crippen LogP contribution is 2.43. The van der Waals surface area contributed by atoms with Crippen LogP contribution in [0.5, 0.6) is 0 Å². The number of fused-ring (bicyclic) bond motifs is 4. The van der Waals surface area contributed by atoms with Crippen molar-refractivity contribution in [3.8, 4) is 0 Å². The van der Waals surface area contributed by atoms with Crippen LogP contribution >= 0.6 is 0 Å². The molecule has 10 nitrogen and oxygen atoms in total. The van der Waals surface area contributed by atoms with E-state index in [1.807, 2.05) is 47.9 Å². The number of rotatable bonds is 7. The summed E-state index contributed by atoms with van der Waals surface area (Å²) in [7, 11) is 5.79. The average molecular weight is 777 g/mol. The van der Waals surface area contributed by atoms with Gasteiger partial charge >= 0.3 is 0 Å². The molecule has 3 amide bonds. The van der Waals surface area contributed by atoms with Crippen molar-refractivity contribution in [3.05, 3.63) is 119 Å². The van der Waals surface area contributed by atoms with Crippen molar-refractivity contribution in [3.63, 3.8) is 0 Å². The van der Waals surface area contributed by atoms with Crippen LogP contribution in [0.2, 0.25) is 0 Å². The lowest BCUT2D eigenvalue weighted by Crippen LogP contribution is -2.48. The van der Waals surface area contributed by atoms with Crippen molar-refractivity contribution in [2.45, 2.75) is 57.5 Å². The third-order valence-corrected chi connectivity index (χ3v) is 13.0. The van der Waals surface area contributed by atoms with Crippen LogP contribution in [-0.2, 0) is 33.6 Å². The highest BCUT2D eigenvalue weighted by atomic mass is 16.2. The molecule has 0 bridgehead atoms. The second kappa shape index (κ2) is 15.3. The van der Waals surface area contributed by atoms with E-state index in [4.69, 9.17) is 0 Å². The fourth-order valence-electron chi connectivity index (χ4n) is 9.78. The van der Waals surface area contributed by atoms with Crippen molar-refractivity contribution in [1.29, 1.82) is 0 Å². The Bertz CT molecular complexity index is 2510. The average Bonchev–Trinajstić information content (AvgIpc) is 3.92. The third kappa shape index (κ3) is 6.82. The summed E-state index contributed by atoms with van der Waals surface area (Å²) in [6.45, 7) is 3.96. The molecule has 1 fully saturated rings. The zero-order chi connectivity index (χ0) is 40.2. The maximum atomic E-state index is 13.2. The first-order valence-corrected chi connectivity index (χ1v) is 20.8. The van der Waals surface area contributed by atoms with Crippen LogP contribution < -0.4 is 5.32 Å². The van der Waals surface area contributed by atoms with Gasteiger partial charge in [0.25, 0.3) is 0 Å². The number of amides is 3. The first-order chi connectivity index (χ1) is 28.1. The van der Waals surface area contributed by atoms with Gasteiger partial charge in [-0.05, 0) is 104 Å². The molecule has 10 heteroatoms. The van der Waals surface area contributed by atoms with Crippen molar-refractivity contribution in [2.24, 2.45) is 17.8 Å². The van der Waals surface area contributed by atoms with Crippen LogP contribution in [0, 0.1) is 17.8 Å². The molecule has 0 spiro atoms. The zero-order valence-corrected chi connectivity index (χ0v) is 33.8. The molecule has 4 atom stereocenters. The van der Waals surface area contributed by atoms with Crippen molar-refractivity contribution in [2.75, 3.05) is 40.8 Å². The molecule has 58 heavy (non-hydrogen) atoms. The highest BCUT2D eigenvalue weighted by Gasteiger charge is 2.39. The molecule has 4 heterocycles. The Hall–Kier alpha value is -5.58. The smallest absolute Gasteiger partial charge is 0.237 e. The van der Waals surface area contributed by atoms with Crippen LogP contribution in [0.3, 0.4) is 0 Å². The largest absolute Gasteiger partial charge is 0.361 e. The lowest BCUT2D eigenvalue weighted by atomic mass is 9.79. The van der Waals surface area contributed by atoms with Crippen molar-refractivity contribution in [1.82, 2.24) is 29.6 Å². The quantitative estimate of drug-likeness (QED) is 0.200. The first-order valence-electron chi connectivity index (χ1n) is 20.8. The van der Waals surface area contributed by atoms with Crippen molar-refractivity contribution >= 4 is 56.6 Å². The molecule has 298 valence electrons. The highest BCUT2D eigenvalue weighted by molar-refractivity contribution is 6.04. The Morgan fingerprint density at radius 3 is 2.16 bits per heavy atom. The summed E-state index contributed by atoms with van der Waals surface area (Å²) in [5, 5.41) is 5.41. The van der Waals surface area contributed by atoms with Crippen LogP contribution in [0.25, 0.3) is 33.0 Å². The molecular formula is C48H52N6O4. The Morgan fingerprint density at radius 1 is 0.793 bits per heavy atom. The number of nitrogens with one attached hydrogen (secondary N) is 2. The van der Waals surface area contributed by atoms with Gasteiger partial charge in [-0.2, -0.15) is 0 Å². The number of likely N-dealkylation sites (N-methyl/N-ethyl adjacent to an activating group) is 2. The Labute approximate surface area is 339 Å². The molecule has 5 aromatic rings. The monoisotopic (exact) mass is 776 g/mol. The molecule has 3 aliphatic carbocycles. The van der Waals surface area contributed by atoms with Crippen LogP contribution in [0.1, 0.15) is 58.8 Å². The predicted molar refractivity (Wildman–Crippen MR) is 228 cm³/mol. The van der Waals surface area contributed by atoms with E-state index in [9.17, 15) is 19.2 Å². The number of imide groups is 1. The standard InChI is InChI=1S/C26H27N3O2.C22H25N3O2/c1-28-16-19(26(31)29(2)24(30)12-11-17-7-4-3-5-8-17)13-21-20-9-6-10-22-25(20)18(15-27-22)14-23(21)28;1-3-23-21(26)15-9-17-16-5-4-6-18-20(16)14(10-19(17)24(2)11-15)12-25(18)22(27)13-7-8-13/h3-10,13,15,19,23,27H,11-12,14,16H2,1-2H3;4-6,9,12-13,15,19H,3,7-8,10-11H2,1-2H3,(H,23,26). The van der Waals surface area contributed by atoms with Gasteiger partial charge in [0.1, 0.15) is 0 Å². The van der Waals surface area contributed by atoms with E-state index in [0.29, 0.717) is 25.9 Å². The molecule has 2 aromatic heterocycles. The number of H-pyrrole nitrogens is 1. The van der Waals surface area contributed by atoms with Gasteiger partial charge in [0.2, 0.25) is 23.6 Å². The number of carbonyl (C=O) groups is 4. The van der Waals surface area contributed by atoms with Gasteiger partial charge in [-0.3, -0.25) is 38.4 Å². The van der Waals surface area contributed by atoms with E-state index in [1.165, 1.54) is 49.1 Å². The van der Waals surface area contributed by atoms with Gasteiger partial charge in [-0.25, -0.2) is 0 Å². The Balaban J connectivity index is 0.000000152. The number of aryl methyl sites for hydroxylation is 1. The fourth-order valence-corrected chi connectivity index (χ4v) is 9.78. The van der Waals surface area contributed by atoms with Gasteiger partial charge in [0, 0.05) is 79.8 Å². The minimum Gasteiger partial charge on any atom is -0.361 e. The SMILES string of the molecule is CCNC(=O)C1C=C2c3cccc4c3c(cn4C(=O)C3CC3)CC2N(C)C1.CN(C(=O)CCc1ccccc1)C(=O)C1C=C2c3cccc4[nH]cc(c34)CC2N(C)C1. The van der Waals surface area contributed by atoms with Gasteiger partial charge in [-0.15, -0.1) is 0 Å². The third-order valence-electron chi connectivity index (χ3n) is 13.0. The number of hydrogen-bond acceptors (Lipinski definition) is 6. The lowest BCUT2D eigenvalue weighted by Gasteiger charge is -2.40. The van der Waals surface area contributed by atoms with Crippen molar-refractivity contribution < 1.29 is 19.2 Å². The number of nitrogens with zero attached hydrogens (tertiary/aromatic N) is 4. The van der Waals surface area contributed by atoms with E-state index >= 15 is 0 Å². The maximum absolute atomic E-state index is 13.2. The lowest BCUT2D eigenvalue weighted by molar-refractivity contribution is -0.145. The second-order valence-electron chi connectivity index (χ2n) is 16.8. The number of aromatic nitrogens is 2. The molecule has 0 radical (unpaired) electrons. The summed E-state index contributed by atoms with van der Waals surface area (Å²) < 4.78 is 1.88. The normalized spacial score (nSPS) is 22.2. The van der Waals surface area contributed by atoms with E-state index in [0.717, 1.165) is 48.8 Å². The summed E-state index contributed by atoms with van der Waals surface area (Å²) >= 11 is 0. The number of carbonyl (C=O) groups excluding carboxylic acids is 4. The van der Waals surface area contributed by atoms with E-state index in [1.54, 1.807) is 7.05 Å². The summed E-state index contributed by atoms with van der Waals surface area (Å²) in [5.74, 6) is -0.181. The molecule has 5 aliphatic rings. The van der Waals surface area contributed by atoms with Crippen LogP contribution in [-0.4, -0.2) is 101 Å². The van der Waals surface area contributed by atoms with Gasteiger partial charge in [0.05, 0.1) is 17.4 Å². The Morgan fingerprint density at radius 2 is 1.45 bits per heavy atom. The number of hydrogen-bond donors (Lipinski definition) is 2. The fraction of sp³-hybridized carbons (Fsp3) is 0.375. The predicted octanol–water partition coefficient (Wildman–Crippen LogP) is 6.35. The zero-order valence-electron chi connectivity index (χ0n) is 33.8. The molecule has 1 saturated carbocycles. The molecule has 4 unspecified atom stereocenters. The van der Waals surface area contributed by atoms with Crippen LogP contribution in [0.15, 0.2) is 91.3 Å². The summed E-state index contributed by atoms with van der Waals surface area (Å²) in [4.78, 5) is 60.4. The van der Waals surface area contributed by atoms with Gasteiger partial charge in [-0.1, -0.05) is 66.7 Å². The van der Waals surface area contributed by atoms with Crippen LogP contribution in [0.4, 0.5) is 0 Å². The number of benzene rings is 3. The molecule has 2 N–H and O–H groups in total. The van der Waals surface area contributed by atoms with E-state index < -0.39 is 0 Å². The number of aromatic amines is 1. The minimum absolute atomic E-state index is 0.0924. The van der Waals surface area contributed by atoms with Gasteiger partial charge in [0.15, 0.2) is 0 Å². The molecule has 0 saturated heterocycles. The minimum atomic E-state index is -0.322.